The third-order valence-electron chi connectivity index (χ3n) is 10.5. The Morgan fingerprint density at radius 2 is 1.83 bits per heavy atom. The topological polar surface area (TPSA) is 57.5 Å². The average Bonchev–Trinajstić information content (AvgIpc) is 3.03. The lowest BCUT2D eigenvalue weighted by Crippen LogP contribution is -2.54. The summed E-state index contributed by atoms with van der Waals surface area (Å²) >= 11 is 0. The van der Waals surface area contributed by atoms with Crippen LogP contribution < -0.4 is 0 Å². The fourth-order valence-electron chi connectivity index (χ4n) is 8.98. The molecule has 0 aromatic carbocycles. The summed E-state index contributed by atoms with van der Waals surface area (Å²) < 4.78 is 0. The van der Waals surface area contributed by atoms with Gasteiger partial charge in [0.15, 0.2) is 0 Å². The minimum absolute atomic E-state index is 0.112. The van der Waals surface area contributed by atoms with Gasteiger partial charge in [-0.1, -0.05) is 32.4 Å². The SMILES string of the molecule is C/C=C1\C[C@@H]2[C@H](CC[C@]3(C)[C@@H]([C@H](C)CCC(=O)O)CC[C@@H]23)[C@@]2(C)CC[C@@H](O)C[C@@H]12. The molecule has 4 fully saturated rings. The summed E-state index contributed by atoms with van der Waals surface area (Å²) in [5.74, 6) is 3.49. The van der Waals surface area contributed by atoms with Gasteiger partial charge in [0.2, 0.25) is 0 Å². The zero-order valence-electron chi connectivity index (χ0n) is 19.0. The van der Waals surface area contributed by atoms with Gasteiger partial charge in [-0.05, 0) is 111 Å². The predicted molar refractivity (Wildman–Crippen MR) is 116 cm³/mol. The molecule has 3 heteroatoms. The normalized spacial score (nSPS) is 49.2. The van der Waals surface area contributed by atoms with E-state index in [2.05, 4.69) is 33.8 Å². The van der Waals surface area contributed by atoms with E-state index in [1.807, 2.05) is 0 Å². The van der Waals surface area contributed by atoms with Gasteiger partial charge in [0.1, 0.15) is 0 Å². The zero-order chi connectivity index (χ0) is 21.0. The van der Waals surface area contributed by atoms with Crippen LogP contribution in [0.15, 0.2) is 11.6 Å². The molecule has 4 aliphatic rings. The van der Waals surface area contributed by atoms with Crippen molar-refractivity contribution >= 4 is 5.97 Å². The van der Waals surface area contributed by atoms with Gasteiger partial charge in [0.25, 0.3) is 0 Å². The highest BCUT2D eigenvalue weighted by Gasteiger charge is 2.61. The Bertz CT molecular complexity index is 669. The van der Waals surface area contributed by atoms with E-state index in [0.717, 1.165) is 37.0 Å². The van der Waals surface area contributed by atoms with Crippen molar-refractivity contribution in [1.82, 2.24) is 0 Å². The van der Waals surface area contributed by atoms with Gasteiger partial charge >= 0.3 is 5.97 Å². The second kappa shape index (κ2) is 7.70. The summed E-state index contributed by atoms with van der Waals surface area (Å²) in [4.78, 5) is 11.1. The number of hydrogen-bond acceptors (Lipinski definition) is 2. The molecule has 0 aliphatic heterocycles. The summed E-state index contributed by atoms with van der Waals surface area (Å²) in [5.41, 5.74) is 2.37. The number of rotatable bonds is 4. The minimum Gasteiger partial charge on any atom is -0.481 e. The molecule has 29 heavy (non-hydrogen) atoms. The van der Waals surface area contributed by atoms with Crippen LogP contribution in [0.25, 0.3) is 0 Å². The quantitative estimate of drug-likeness (QED) is 0.562. The number of fused-ring (bicyclic) bond motifs is 5. The number of aliphatic hydroxyl groups is 1. The standard InChI is InChI=1S/C26H42O3/c1-5-17-14-19-21-8-7-20(16(2)6-9-24(28)29)25(21,3)13-11-22(19)26(4)12-10-18(27)15-23(17)26/h5,16,18-23,27H,6-15H2,1-4H3,(H,28,29)/b17-5+/t16-,18-,19+,20-,21+,22+,23+,25-,26-/m1/s1. The van der Waals surface area contributed by atoms with Gasteiger partial charge in [-0.3, -0.25) is 4.79 Å². The first-order valence-corrected chi connectivity index (χ1v) is 12.3. The number of allylic oxidation sites excluding steroid dienone is 2. The first kappa shape index (κ1) is 21.4. The van der Waals surface area contributed by atoms with Gasteiger partial charge in [-0.25, -0.2) is 0 Å². The van der Waals surface area contributed by atoms with Gasteiger partial charge in [-0.15, -0.1) is 0 Å². The van der Waals surface area contributed by atoms with Crippen LogP contribution in [-0.2, 0) is 4.79 Å². The van der Waals surface area contributed by atoms with Crippen LogP contribution in [0.4, 0.5) is 0 Å². The van der Waals surface area contributed by atoms with Gasteiger partial charge < -0.3 is 10.2 Å². The first-order chi connectivity index (χ1) is 13.7. The van der Waals surface area contributed by atoms with Crippen LogP contribution in [0, 0.1) is 46.3 Å². The highest BCUT2D eigenvalue weighted by Crippen LogP contribution is 2.69. The molecule has 9 atom stereocenters. The van der Waals surface area contributed by atoms with Gasteiger partial charge in [0.05, 0.1) is 6.10 Å². The fraction of sp³-hybridized carbons (Fsp3) is 0.885. The minimum atomic E-state index is -0.649. The molecule has 0 saturated heterocycles. The van der Waals surface area contributed by atoms with Crippen molar-refractivity contribution in [1.29, 1.82) is 0 Å². The lowest BCUT2D eigenvalue weighted by atomic mass is 9.43. The zero-order valence-corrected chi connectivity index (χ0v) is 19.0. The lowest BCUT2D eigenvalue weighted by molar-refractivity contribution is -0.137. The van der Waals surface area contributed by atoms with E-state index in [9.17, 15) is 9.90 Å². The van der Waals surface area contributed by atoms with Crippen LogP contribution in [0.3, 0.4) is 0 Å². The summed E-state index contributed by atoms with van der Waals surface area (Å²) in [6.07, 6.45) is 13.0. The Hall–Kier alpha value is -0.830. The third-order valence-corrected chi connectivity index (χ3v) is 10.5. The first-order valence-electron chi connectivity index (χ1n) is 12.3. The van der Waals surface area contributed by atoms with E-state index in [1.54, 1.807) is 5.57 Å². The number of aliphatic carboxylic acids is 1. The van der Waals surface area contributed by atoms with Crippen molar-refractivity contribution in [3.8, 4) is 0 Å². The van der Waals surface area contributed by atoms with Crippen LogP contribution in [0.2, 0.25) is 0 Å². The Morgan fingerprint density at radius 1 is 1.14 bits per heavy atom. The summed E-state index contributed by atoms with van der Waals surface area (Å²) in [6.45, 7) is 9.63. The molecule has 0 radical (unpaired) electrons. The fourth-order valence-corrected chi connectivity index (χ4v) is 8.98. The summed E-state index contributed by atoms with van der Waals surface area (Å²) in [5, 5.41) is 19.5. The van der Waals surface area contributed by atoms with Crippen LogP contribution in [-0.4, -0.2) is 22.3 Å². The van der Waals surface area contributed by atoms with Crippen molar-refractivity contribution in [3.05, 3.63) is 11.6 Å². The molecule has 164 valence electrons. The van der Waals surface area contributed by atoms with Crippen molar-refractivity contribution in [2.75, 3.05) is 0 Å². The molecule has 2 N–H and O–H groups in total. The molecule has 0 spiro atoms. The van der Waals surface area contributed by atoms with E-state index in [4.69, 9.17) is 5.11 Å². The highest BCUT2D eigenvalue weighted by molar-refractivity contribution is 5.66. The lowest BCUT2D eigenvalue weighted by Gasteiger charge is -2.62. The number of carboxylic acids is 1. The Morgan fingerprint density at radius 3 is 2.52 bits per heavy atom. The molecule has 4 aliphatic carbocycles. The Kier molecular flexibility index (Phi) is 5.68. The molecular weight excluding hydrogens is 360 g/mol. The molecule has 4 saturated carbocycles. The second-order valence-corrected chi connectivity index (χ2v) is 11.6. The highest BCUT2D eigenvalue weighted by atomic mass is 16.4. The number of hydrogen-bond donors (Lipinski definition) is 2. The van der Waals surface area contributed by atoms with Gasteiger partial charge in [-0.2, -0.15) is 0 Å². The van der Waals surface area contributed by atoms with E-state index >= 15 is 0 Å². The number of carbonyl (C=O) groups is 1. The predicted octanol–water partition coefficient (Wildman–Crippen LogP) is 6.06. The van der Waals surface area contributed by atoms with E-state index in [1.165, 1.54) is 38.5 Å². The third kappa shape index (κ3) is 3.40. The van der Waals surface area contributed by atoms with E-state index in [0.29, 0.717) is 35.0 Å². The van der Waals surface area contributed by atoms with Crippen molar-refractivity contribution < 1.29 is 15.0 Å². The van der Waals surface area contributed by atoms with Crippen molar-refractivity contribution in [2.24, 2.45) is 46.3 Å². The summed E-state index contributed by atoms with van der Waals surface area (Å²) in [6, 6.07) is 0. The molecule has 0 amide bonds. The average molecular weight is 403 g/mol. The molecular formula is C26H42O3. The molecule has 4 rings (SSSR count). The van der Waals surface area contributed by atoms with E-state index in [-0.39, 0.29) is 6.10 Å². The van der Waals surface area contributed by atoms with E-state index < -0.39 is 5.97 Å². The maximum atomic E-state index is 11.1. The molecule has 0 heterocycles. The molecule has 0 unspecified atom stereocenters. The van der Waals surface area contributed by atoms with Crippen LogP contribution >= 0.6 is 0 Å². The second-order valence-electron chi connectivity index (χ2n) is 11.6. The number of aliphatic hydroxyl groups excluding tert-OH is 1. The van der Waals surface area contributed by atoms with Crippen LogP contribution in [0.5, 0.6) is 0 Å². The molecule has 3 nitrogen and oxygen atoms in total. The molecule has 0 bridgehead atoms. The Balaban J connectivity index is 1.58. The summed E-state index contributed by atoms with van der Waals surface area (Å²) in [7, 11) is 0. The maximum absolute atomic E-state index is 11.1. The number of carboxylic acid groups (broad SMARTS) is 1. The van der Waals surface area contributed by atoms with Gasteiger partial charge in [0, 0.05) is 6.42 Å². The van der Waals surface area contributed by atoms with Crippen LogP contribution in [0.1, 0.15) is 91.9 Å². The monoisotopic (exact) mass is 402 g/mol. The smallest absolute Gasteiger partial charge is 0.303 e. The molecule has 0 aromatic heterocycles. The van der Waals surface area contributed by atoms with Crippen molar-refractivity contribution in [3.63, 3.8) is 0 Å². The Labute approximate surface area is 177 Å². The molecule has 0 aromatic rings. The largest absolute Gasteiger partial charge is 0.481 e. The maximum Gasteiger partial charge on any atom is 0.303 e. The van der Waals surface area contributed by atoms with Crippen molar-refractivity contribution in [2.45, 2.75) is 98.0 Å².